The normalized spacial score (nSPS) is 9.71. The molecule has 2 N–H and O–H groups in total. The zero-order valence-electron chi connectivity index (χ0n) is 7.27. The van der Waals surface area contributed by atoms with Gasteiger partial charge in [0, 0.05) is 18.3 Å². The molecular weight excluding hydrogens is 206 g/mol. The highest BCUT2D eigenvalue weighted by Crippen LogP contribution is 1.96. The Kier molecular flexibility index (Phi) is 3.99. The van der Waals surface area contributed by atoms with Crippen molar-refractivity contribution in [3.63, 3.8) is 0 Å². The predicted octanol–water partition coefficient (Wildman–Crippen LogP) is 0.133. The highest BCUT2D eigenvalue weighted by molar-refractivity contribution is 7.03. The second-order valence-corrected chi connectivity index (χ2v) is 3.15. The van der Waals surface area contributed by atoms with E-state index < -0.39 is 5.97 Å². The fourth-order valence-corrected chi connectivity index (χ4v) is 1.23. The number of aliphatic carboxylic acids is 1. The number of carbonyl (C=O) groups excluding carboxylic acids is 1. The minimum atomic E-state index is -0.866. The Morgan fingerprint density at radius 1 is 1.57 bits per heavy atom. The summed E-state index contributed by atoms with van der Waals surface area (Å²) in [5.74, 6) is -1.18. The largest absolute Gasteiger partial charge is 0.481 e. The lowest BCUT2D eigenvalue weighted by Gasteiger charge is -1.99. The molecule has 1 heterocycles. The third kappa shape index (κ3) is 3.48. The molecule has 0 fully saturated rings. The van der Waals surface area contributed by atoms with Crippen molar-refractivity contribution < 1.29 is 14.7 Å². The molecule has 0 aliphatic heterocycles. The average molecular weight is 215 g/mol. The van der Waals surface area contributed by atoms with Crippen LogP contribution in [-0.2, 0) is 4.79 Å². The van der Waals surface area contributed by atoms with E-state index in [2.05, 4.69) is 14.9 Å². The molecule has 0 radical (unpaired) electrons. The number of carbonyl (C=O) groups is 2. The molecule has 0 saturated heterocycles. The molecule has 0 saturated carbocycles. The zero-order valence-corrected chi connectivity index (χ0v) is 8.08. The molecule has 7 heteroatoms. The molecule has 6 nitrogen and oxygen atoms in total. The number of nitrogens with one attached hydrogen (secondary N) is 1. The number of carboxylic acid groups (broad SMARTS) is 1. The van der Waals surface area contributed by atoms with Crippen molar-refractivity contribution in [1.29, 1.82) is 0 Å². The van der Waals surface area contributed by atoms with Gasteiger partial charge in [-0.15, -0.1) is 5.10 Å². The van der Waals surface area contributed by atoms with E-state index in [1.807, 2.05) is 0 Å². The standard InChI is InChI=1S/C7H9N3O3S/c11-6(12)2-1-3-8-7(13)5-4-14-10-9-5/h4H,1-3H2,(H,8,13)(H,11,12). The van der Waals surface area contributed by atoms with Crippen LogP contribution in [0.15, 0.2) is 5.38 Å². The Balaban J connectivity index is 2.19. The molecule has 0 atom stereocenters. The summed E-state index contributed by atoms with van der Waals surface area (Å²) in [5.41, 5.74) is 0.269. The van der Waals surface area contributed by atoms with Gasteiger partial charge in [0.15, 0.2) is 5.69 Å². The van der Waals surface area contributed by atoms with Gasteiger partial charge in [-0.3, -0.25) is 9.59 Å². The van der Waals surface area contributed by atoms with Crippen molar-refractivity contribution in [1.82, 2.24) is 14.9 Å². The molecule has 1 amide bonds. The molecule has 1 aromatic heterocycles. The second-order valence-electron chi connectivity index (χ2n) is 2.54. The van der Waals surface area contributed by atoms with Crippen LogP contribution in [-0.4, -0.2) is 33.1 Å². The van der Waals surface area contributed by atoms with Crippen LogP contribution in [0.5, 0.6) is 0 Å². The van der Waals surface area contributed by atoms with Gasteiger partial charge in [-0.25, -0.2) is 0 Å². The highest BCUT2D eigenvalue weighted by atomic mass is 32.1. The van der Waals surface area contributed by atoms with Crippen molar-refractivity contribution in [3.05, 3.63) is 11.1 Å². The maximum Gasteiger partial charge on any atom is 0.303 e. The van der Waals surface area contributed by atoms with Crippen LogP contribution in [0.3, 0.4) is 0 Å². The summed E-state index contributed by atoms with van der Waals surface area (Å²) < 4.78 is 3.54. The van der Waals surface area contributed by atoms with Gasteiger partial charge in [0.1, 0.15) is 0 Å². The van der Waals surface area contributed by atoms with E-state index in [1.165, 1.54) is 5.38 Å². The van der Waals surface area contributed by atoms with Crippen LogP contribution >= 0.6 is 11.5 Å². The fourth-order valence-electron chi connectivity index (χ4n) is 0.796. The van der Waals surface area contributed by atoms with Gasteiger partial charge in [0.2, 0.25) is 0 Å². The van der Waals surface area contributed by atoms with E-state index >= 15 is 0 Å². The lowest BCUT2D eigenvalue weighted by Crippen LogP contribution is -2.25. The summed E-state index contributed by atoms with van der Waals surface area (Å²) >= 11 is 1.10. The lowest BCUT2D eigenvalue weighted by molar-refractivity contribution is -0.137. The molecule has 76 valence electrons. The van der Waals surface area contributed by atoms with Gasteiger partial charge < -0.3 is 10.4 Å². The van der Waals surface area contributed by atoms with Crippen LogP contribution in [0, 0.1) is 0 Å². The van der Waals surface area contributed by atoms with Crippen molar-refractivity contribution in [2.45, 2.75) is 12.8 Å². The Hall–Kier alpha value is -1.50. The summed E-state index contributed by atoms with van der Waals surface area (Å²) in [7, 11) is 0. The number of hydrogen-bond donors (Lipinski definition) is 2. The number of nitrogens with zero attached hydrogens (tertiary/aromatic N) is 2. The number of hydrogen-bond acceptors (Lipinski definition) is 5. The molecular formula is C7H9N3O3S. The minimum Gasteiger partial charge on any atom is -0.481 e. The van der Waals surface area contributed by atoms with E-state index in [1.54, 1.807) is 0 Å². The predicted molar refractivity (Wildman–Crippen MR) is 49.1 cm³/mol. The maximum atomic E-state index is 11.2. The van der Waals surface area contributed by atoms with Gasteiger partial charge in [-0.1, -0.05) is 4.49 Å². The zero-order chi connectivity index (χ0) is 10.4. The highest BCUT2D eigenvalue weighted by Gasteiger charge is 2.07. The van der Waals surface area contributed by atoms with E-state index in [0.717, 1.165) is 11.5 Å². The van der Waals surface area contributed by atoms with E-state index in [9.17, 15) is 9.59 Å². The van der Waals surface area contributed by atoms with Gasteiger partial charge in [-0.2, -0.15) is 0 Å². The Morgan fingerprint density at radius 3 is 2.93 bits per heavy atom. The Labute approximate surface area is 84.1 Å². The third-order valence-corrected chi connectivity index (χ3v) is 1.95. The SMILES string of the molecule is O=C(O)CCCNC(=O)c1csnn1. The summed E-state index contributed by atoms with van der Waals surface area (Å²) in [6.45, 7) is 0.336. The minimum absolute atomic E-state index is 0.0512. The first-order valence-corrected chi connectivity index (χ1v) is 4.81. The number of rotatable bonds is 5. The van der Waals surface area contributed by atoms with Crippen LogP contribution in [0.1, 0.15) is 23.3 Å². The van der Waals surface area contributed by atoms with Crippen LogP contribution < -0.4 is 5.32 Å². The van der Waals surface area contributed by atoms with Crippen molar-refractivity contribution >= 4 is 23.4 Å². The topological polar surface area (TPSA) is 92.2 Å². The molecule has 14 heavy (non-hydrogen) atoms. The first-order chi connectivity index (χ1) is 6.70. The molecule has 0 unspecified atom stereocenters. The van der Waals surface area contributed by atoms with Crippen molar-refractivity contribution in [2.75, 3.05) is 6.54 Å². The summed E-state index contributed by atoms with van der Waals surface area (Å²) in [4.78, 5) is 21.3. The number of aromatic nitrogens is 2. The molecule has 0 spiro atoms. The quantitative estimate of drug-likeness (QED) is 0.681. The Morgan fingerprint density at radius 2 is 2.36 bits per heavy atom. The third-order valence-electron chi connectivity index (χ3n) is 1.45. The molecule has 0 aromatic carbocycles. The Bertz CT molecular complexity index is 312. The molecule has 1 aromatic rings. The second kappa shape index (κ2) is 5.28. The fraction of sp³-hybridized carbons (Fsp3) is 0.429. The first-order valence-electron chi connectivity index (χ1n) is 3.97. The molecule has 1 rings (SSSR count). The lowest BCUT2D eigenvalue weighted by atomic mass is 10.3. The van der Waals surface area contributed by atoms with Crippen molar-refractivity contribution in [3.8, 4) is 0 Å². The van der Waals surface area contributed by atoms with Gasteiger partial charge in [0.25, 0.3) is 5.91 Å². The molecule has 0 aliphatic carbocycles. The smallest absolute Gasteiger partial charge is 0.303 e. The van der Waals surface area contributed by atoms with E-state index in [-0.39, 0.29) is 18.0 Å². The molecule has 0 bridgehead atoms. The summed E-state index contributed by atoms with van der Waals surface area (Å²) in [5, 5.41) is 16.0. The summed E-state index contributed by atoms with van der Waals surface area (Å²) in [6.07, 6.45) is 0.467. The molecule has 0 aliphatic rings. The number of amides is 1. The van der Waals surface area contributed by atoms with Gasteiger partial charge in [-0.05, 0) is 18.0 Å². The maximum absolute atomic E-state index is 11.2. The van der Waals surface area contributed by atoms with Crippen molar-refractivity contribution in [2.24, 2.45) is 0 Å². The number of carboxylic acids is 1. The monoisotopic (exact) mass is 215 g/mol. The van der Waals surface area contributed by atoms with Gasteiger partial charge in [0.05, 0.1) is 0 Å². The van der Waals surface area contributed by atoms with E-state index in [0.29, 0.717) is 13.0 Å². The average Bonchev–Trinajstić information content (AvgIpc) is 2.64. The van der Waals surface area contributed by atoms with E-state index in [4.69, 9.17) is 5.11 Å². The van der Waals surface area contributed by atoms with Crippen LogP contribution in [0.25, 0.3) is 0 Å². The first kappa shape index (κ1) is 10.6. The summed E-state index contributed by atoms with van der Waals surface area (Å²) in [6, 6.07) is 0. The van der Waals surface area contributed by atoms with Crippen LogP contribution in [0.2, 0.25) is 0 Å². The van der Waals surface area contributed by atoms with Crippen LogP contribution in [0.4, 0.5) is 0 Å². The van der Waals surface area contributed by atoms with Gasteiger partial charge >= 0.3 is 5.97 Å².